The Bertz CT molecular complexity index is 776. The predicted molar refractivity (Wildman–Crippen MR) is 108 cm³/mol. The van der Waals surface area contributed by atoms with Crippen molar-refractivity contribution in [2.75, 3.05) is 19.6 Å². The van der Waals surface area contributed by atoms with Crippen molar-refractivity contribution >= 4 is 5.91 Å². The van der Waals surface area contributed by atoms with Crippen LogP contribution in [0, 0.1) is 5.92 Å². The van der Waals surface area contributed by atoms with Crippen molar-refractivity contribution in [2.24, 2.45) is 5.92 Å². The van der Waals surface area contributed by atoms with Crippen LogP contribution in [-0.2, 0) is 24.2 Å². The van der Waals surface area contributed by atoms with Crippen LogP contribution in [0.2, 0.25) is 0 Å². The molecule has 2 N–H and O–H groups in total. The van der Waals surface area contributed by atoms with E-state index in [4.69, 9.17) is 0 Å². The van der Waals surface area contributed by atoms with Crippen molar-refractivity contribution in [3.8, 4) is 11.3 Å². The molecule has 1 saturated carbocycles. The predicted octanol–water partition coefficient (Wildman–Crippen LogP) is 2.93. The van der Waals surface area contributed by atoms with E-state index in [1.54, 1.807) is 0 Å². The minimum Gasteiger partial charge on any atom is -0.353 e. The summed E-state index contributed by atoms with van der Waals surface area (Å²) in [6, 6.07) is 8.45. The molecule has 0 aliphatic heterocycles. The standard InChI is InChI=1S/C22H30N4O/c27-21(24-13-12-23-14-17-6-2-1-3-7-17)16-26-22-19(15-25-26)11-10-18-8-4-5-9-20(18)22/h4-5,8-9,15,17,23H,1-3,6-7,10-14,16H2,(H,24,27). The highest BCUT2D eigenvalue weighted by atomic mass is 16.2. The number of benzene rings is 1. The molecule has 2 aliphatic carbocycles. The second-order valence-electron chi connectivity index (χ2n) is 7.89. The second-order valence-corrected chi connectivity index (χ2v) is 7.89. The zero-order chi connectivity index (χ0) is 18.5. The smallest absolute Gasteiger partial charge is 0.241 e. The molecule has 144 valence electrons. The number of nitrogens with zero attached hydrogens (tertiary/aromatic N) is 2. The highest BCUT2D eigenvalue weighted by molar-refractivity contribution is 5.77. The Labute approximate surface area is 161 Å². The van der Waals surface area contributed by atoms with Crippen LogP contribution in [0.1, 0.15) is 43.2 Å². The Balaban J connectivity index is 1.26. The summed E-state index contributed by atoms with van der Waals surface area (Å²) in [6.45, 7) is 2.87. The van der Waals surface area contributed by atoms with E-state index in [1.807, 2.05) is 10.9 Å². The fourth-order valence-electron chi connectivity index (χ4n) is 4.46. The molecule has 0 radical (unpaired) electrons. The van der Waals surface area contributed by atoms with Gasteiger partial charge >= 0.3 is 0 Å². The van der Waals surface area contributed by atoms with E-state index < -0.39 is 0 Å². The van der Waals surface area contributed by atoms with Crippen molar-refractivity contribution in [3.05, 3.63) is 41.6 Å². The van der Waals surface area contributed by atoms with Gasteiger partial charge in [-0.1, -0.05) is 43.5 Å². The van der Waals surface area contributed by atoms with Crippen LogP contribution in [0.15, 0.2) is 30.5 Å². The van der Waals surface area contributed by atoms with E-state index in [9.17, 15) is 4.79 Å². The number of nitrogens with one attached hydrogen (secondary N) is 2. The summed E-state index contributed by atoms with van der Waals surface area (Å²) in [6.07, 6.45) is 10.8. The summed E-state index contributed by atoms with van der Waals surface area (Å²) in [4.78, 5) is 12.4. The SMILES string of the molecule is O=C(Cn1ncc2c1-c1ccccc1CC2)NCCNCC1CCCCC1. The van der Waals surface area contributed by atoms with Gasteiger partial charge in [0.15, 0.2) is 0 Å². The summed E-state index contributed by atoms with van der Waals surface area (Å²) in [7, 11) is 0. The zero-order valence-corrected chi connectivity index (χ0v) is 16.0. The lowest BCUT2D eigenvalue weighted by Crippen LogP contribution is -2.36. The molecule has 1 aromatic carbocycles. The Hall–Kier alpha value is -2.14. The van der Waals surface area contributed by atoms with Crippen LogP contribution >= 0.6 is 0 Å². The van der Waals surface area contributed by atoms with Crippen molar-refractivity contribution in [1.82, 2.24) is 20.4 Å². The van der Waals surface area contributed by atoms with Gasteiger partial charge in [-0.25, -0.2) is 0 Å². The van der Waals surface area contributed by atoms with Crippen molar-refractivity contribution in [2.45, 2.75) is 51.5 Å². The van der Waals surface area contributed by atoms with Gasteiger partial charge in [-0.05, 0) is 49.3 Å². The second kappa shape index (κ2) is 8.70. The lowest BCUT2D eigenvalue weighted by molar-refractivity contribution is -0.121. The van der Waals surface area contributed by atoms with Crippen LogP contribution in [-0.4, -0.2) is 35.3 Å². The minimum absolute atomic E-state index is 0.0309. The van der Waals surface area contributed by atoms with Gasteiger partial charge in [-0.15, -0.1) is 0 Å². The largest absolute Gasteiger partial charge is 0.353 e. The average molecular weight is 367 g/mol. The van der Waals surface area contributed by atoms with Crippen LogP contribution in [0.25, 0.3) is 11.3 Å². The Kier molecular flexibility index (Phi) is 5.87. The first kappa shape index (κ1) is 18.2. The summed E-state index contributed by atoms with van der Waals surface area (Å²) in [5.41, 5.74) is 4.93. The van der Waals surface area contributed by atoms with E-state index in [2.05, 4.69) is 40.0 Å². The number of fused-ring (bicyclic) bond motifs is 3. The molecule has 5 nitrogen and oxygen atoms in total. The molecule has 5 heteroatoms. The van der Waals surface area contributed by atoms with Crippen LogP contribution in [0.5, 0.6) is 0 Å². The van der Waals surface area contributed by atoms with Gasteiger partial charge in [-0.2, -0.15) is 5.10 Å². The maximum absolute atomic E-state index is 12.4. The summed E-state index contributed by atoms with van der Waals surface area (Å²) in [5.74, 6) is 0.855. The minimum atomic E-state index is 0.0309. The van der Waals surface area contributed by atoms with E-state index in [0.29, 0.717) is 6.54 Å². The van der Waals surface area contributed by atoms with Crippen molar-refractivity contribution in [3.63, 3.8) is 0 Å². The first-order valence-corrected chi connectivity index (χ1v) is 10.4. The fourth-order valence-corrected chi connectivity index (χ4v) is 4.46. The normalized spacial score (nSPS) is 16.6. The van der Waals surface area contributed by atoms with E-state index >= 15 is 0 Å². The number of hydrogen-bond acceptors (Lipinski definition) is 3. The number of rotatable bonds is 7. The van der Waals surface area contributed by atoms with Crippen molar-refractivity contribution < 1.29 is 4.79 Å². The quantitative estimate of drug-likeness (QED) is 0.741. The molecule has 2 aliphatic rings. The third-order valence-electron chi connectivity index (χ3n) is 5.93. The number of carbonyl (C=O) groups excluding carboxylic acids is 1. The monoisotopic (exact) mass is 366 g/mol. The summed E-state index contributed by atoms with van der Waals surface area (Å²) >= 11 is 0. The molecule has 0 spiro atoms. The molecule has 0 atom stereocenters. The molecule has 0 bridgehead atoms. The van der Waals surface area contributed by atoms with Crippen LogP contribution in [0.4, 0.5) is 0 Å². The number of aromatic nitrogens is 2. The summed E-state index contributed by atoms with van der Waals surface area (Å²) in [5, 5.41) is 11.0. The number of amides is 1. The van der Waals surface area contributed by atoms with Gasteiger partial charge in [0.25, 0.3) is 0 Å². The van der Waals surface area contributed by atoms with Crippen LogP contribution in [0.3, 0.4) is 0 Å². The van der Waals surface area contributed by atoms with Gasteiger partial charge in [0.1, 0.15) is 6.54 Å². The molecule has 0 saturated heterocycles. The van der Waals surface area contributed by atoms with Gasteiger partial charge in [0.2, 0.25) is 5.91 Å². The lowest BCUT2D eigenvalue weighted by atomic mass is 9.89. The molecule has 1 aromatic heterocycles. The first-order valence-electron chi connectivity index (χ1n) is 10.4. The lowest BCUT2D eigenvalue weighted by Gasteiger charge is -2.21. The molecule has 0 unspecified atom stereocenters. The van der Waals surface area contributed by atoms with Gasteiger partial charge in [-0.3, -0.25) is 9.48 Å². The highest BCUT2D eigenvalue weighted by Crippen LogP contribution is 2.33. The Morgan fingerprint density at radius 2 is 1.89 bits per heavy atom. The summed E-state index contributed by atoms with van der Waals surface area (Å²) < 4.78 is 1.86. The molecule has 1 amide bonds. The van der Waals surface area contributed by atoms with E-state index in [0.717, 1.165) is 37.5 Å². The Morgan fingerprint density at radius 1 is 1.07 bits per heavy atom. The molecular formula is C22H30N4O. The molecule has 1 heterocycles. The van der Waals surface area contributed by atoms with Crippen molar-refractivity contribution in [1.29, 1.82) is 0 Å². The number of hydrogen-bond donors (Lipinski definition) is 2. The maximum atomic E-state index is 12.4. The van der Waals surface area contributed by atoms with Crippen LogP contribution < -0.4 is 10.6 Å². The van der Waals surface area contributed by atoms with E-state index in [-0.39, 0.29) is 12.5 Å². The molecular weight excluding hydrogens is 336 g/mol. The third-order valence-corrected chi connectivity index (χ3v) is 5.93. The third kappa shape index (κ3) is 4.41. The zero-order valence-electron chi connectivity index (χ0n) is 16.0. The van der Waals surface area contributed by atoms with Gasteiger partial charge < -0.3 is 10.6 Å². The molecule has 2 aromatic rings. The number of carbonyl (C=O) groups is 1. The van der Waals surface area contributed by atoms with Gasteiger partial charge in [0, 0.05) is 18.7 Å². The molecule has 4 rings (SSSR count). The maximum Gasteiger partial charge on any atom is 0.241 e. The Morgan fingerprint density at radius 3 is 2.78 bits per heavy atom. The molecule has 27 heavy (non-hydrogen) atoms. The topological polar surface area (TPSA) is 59.0 Å². The molecule has 1 fully saturated rings. The van der Waals surface area contributed by atoms with Gasteiger partial charge in [0.05, 0.1) is 11.9 Å². The highest BCUT2D eigenvalue weighted by Gasteiger charge is 2.21. The fraction of sp³-hybridized carbons (Fsp3) is 0.545. The first-order chi connectivity index (χ1) is 13.3. The number of aryl methyl sites for hydroxylation is 2. The van der Waals surface area contributed by atoms with E-state index in [1.165, 1.54) is 48.8 Å². The average Bonchev–Trinajstić information content (AvgIpc) is 3.12.